The van der Waals surface area contributed by atoms with Crippen molar-refractivity contribution in [3.8, 4) is 11.4 Å². The first kappa shape index (κ1) is 23.6. The zero-order valence-electron chi connectivity index (χ0n) is 19.8. The van der Waals surface area contributed by atoms with Crippen molar-refractivity contribution < 1.29 is 18.4 Å². The molecule has 2 amide bonds. The zero-order valence-corrected chi connectivity index (χ0v) is 19.8. The molecule has 0 fully saturated rings. The van der Waals surface area contributed by atoms with Crippen molar-refractivity contribution in [1.29, 1.82) is 0 Å². The first-order valence-electron chi connectivity index (χ1n) is 11.4. The summed E-state index contributed by atoms with van der Waals surface area (Å²) in [5.41, 5.74) is 4.05. The molecule has 0 spiro atoms. The third-order valence-electron chi connectivity index (χ3n) is 5.71. The Labute approximate surface area is 198 Å². The average Bonchev–Trinajstić information content (AvgIpc) is 3.28. The van der Waals surface area contributed by atoms with E-state index in [1.165, 1.54) is 12.1 Å². The van der Waals surface area contributed by atoms with Gasteiger partial charge in [-0.1, -0.05) is 41.1 Å². The van der Waals surface area contributed by atoms with Gasteiger partial charge in [0.25, 0.3) is 5.89 Å². The molecule has 7 nitrogen and oxygen atoms in total. The molecule has 0 radical (unpaired) electrons. The largest absolute Gasteiger partial charge is 0.379 e. The average molecular weight is 465 g/mol. The fourth-order valence-corrected chi connectivity index (χ4v) is 4.01. The Morgan fingerprint density at radius 2 is 1.94 bits per heavy atom. The van der Waals surface area contributed by atoms with Crippen LogP contribution in [0.4, 0.5) is 9.18 Å². The number of rotatable bonds is 8. The molecule has 1 aromatic heterocycles. The highest BCUT2D eigenvalue weighted by Gasteiger charge is 2.35. The van der Waals surface area contributed by atoms with Crippen LogP contribution in [0.15, 0.2) is 58.8 Å². The molecule has 34 heavy (non-hydrogen) atoms. The van der Waals surface area contributed by atoms with Crippen molar-refractivity contribution in [2.24, 2.45) is 0 Å². The Kier molecular flexibility index (Phi) is 7.07. The first-order chi connectivity index (χ1) is 16.3. The van der Waals surface area contributed by atoms with Gasteiger partial charge in [-0.15, -0.1) is 0 Å². The normalized spacial score (nSPS) is 16.4. The molecule has 2 aromatic carbocycles. The van der Waals surface area contributed by atoms with Gasteiger partial charge in [-0.2, -0.15) is 4.98 Å². The standard InChI is InChI=1S/C26H29FN4O3/c1-16(2)33-14-6-13-31-18(4)22(23(28-26(31)32)19-9-11-21(27)12-10-19)25-29-24(30-34-25)20-8-5-7-17(3)15-20/h5,7-12,15-16,23H,6,13-14H2,1-4H3,(H,28,32). The summed E-state index contributed by atoms with van der Waals surface area (Å²) in [4.78, 5) is 19.3. The summed E-state index contributed by atoms with van der Waals surface area (Å²) in [6.45, 7) is 8.84. The minimum atomic E-state index is -0.554. The monoisotopic (exact) mass is 464 g/mol. The number of urea groups is 1. The highest BCUT2D eigenvalue weighted by Crippen LogP contribution is 2.37. The Hall–Kier alpha value is -3.52. The first-order valence-corrected chi connectivity index (χ1v) is 11.4. The number of aromatic nitrogens is 2. The van der Waals surface area contributed by atoms with Gasteiger partial charge in [-0.25, -0.2) is 9.18 Å². The molecule has 3 aromatic rings. The quantitative estimate of drug-likeness (QED) is 0.446. The van der Waals surface area contributed by atoms with Crippen LogP contribution in [-0.4, -0.2) is 40.3 Å². The van der Waals surface area contributed by atoms with Crippen LogP contribution in [0.5, 0.6) is 0 Å². The molecule has 1 atom stereocenters. The second kappa shape index (κ2) is 10.2. The Bertz CT molecular complexity index is 1190. The van der Waals surface area contributed by atoms with Crippen LogP contribution in [0.1, 0.15) is 50.3 Å². The van der Waals surface area contributed by atoms with Gasteiger partial charge in [0.1, 0.15) is 5.82 Å². The molecule has 0 saturated heterocycles. The van der Waals surface area contributed by atoms with E-state index in [-0.39, 0.29) is 18.0 Å². The maximum atomic E-state index is 13.6. The highest BCUT2D eigenvalue weighted by atomic mass is 19.1. The van der Waals surface area contributed by atoms with E-state index in [0.717, 1.165) is 16.7 Å². The molecule has 178 valence electrons. The number of benzene rings is 2. The zero-order chi connectivity index (χ0) is 24.2. The smallest absolute Gasteiger partial charge is 0.322 e. The highest BCUT2D eigenvalue weighted by molar-refractivity contribution is 5.86. The van der Waals surface area contributed by atoms with E-state index in [2.05, 4.69) is 15.5 Å². The van der Waals surface area contributed by atoms with Crippen molar-refractivity contribution in [2.75, 3.05) is 13.2 Å². The van der Waals surface area contributed by atoms with Crippen LogP contribution < -0.4 is 5.32 Å². The molecular weight excluding hydrogens is 435 g/mol. The molecule has 1 N–H and O–H groups in total. The van der Waals surface area contributed by atoms with Gasteiger partial charge in [0, 0.05) is 24.4 Å². The number of nitrogens with one attached hydrogen (secondary N) is 1. The maximum Gasteiger partial charge on any atom is 0.322 e. The number of halogens is 1. The summed E-state index contributed by atoms with van der Waals surface area (Å²) in [6.07, 6.45) is 0.805. The van der Waals surface area contributed by atoms with Crippen LogP contribution in [0.3, 0.4) is 0 Å². The van der Waals surface area contributed by atoms with E-state index in [1.54, 1.807) is 17.0 Å². The summed E-state index contributed by atoms with van der Waals surface area (Å²) >= 11 is 0. The molecule has 0 saturated carbocycles. The Morgan fingerprint density at radius 1 is 1.18 bits per heavy atom. The van der Waals surface area contributed by atoms with Gasteiger partial charge in [0.2, 0.25) is 5.82 Å². The lowest BCUT2D eigenvalue weighted by molar-refractivity contribution is 0.0736. The predicted molar refractivity (Wildman–Crippen MR) is 127 cm³/mol. The minimum absolute atomic E-state index is 0.128. The lowest BCUT2D eigenvalue weighted by Gasteiger charge is -2.35. The summed E-state index contributed by atoms with van der Waals surface area (Å²) in [5.74, 6) is 0.428. The molecule has 0 aliphatic carbocycles. The molecule has 4 rings (SSSR count). The SMILES string of the molecule is CC1=C(c2nc(-c3cccc(C)c3)no2)C(c2ccc(F)cc2)NC(=O)N1CCCOC(C)C. The van der Waals surface area contributed by atoms with Crippen molar-refractivity contribution in [3.63, 3.8) is 0 Å². The summed E-state index contributed by atoms with van der Waals surface area (Å²) in [6, 6.07) is 13.1. The predicted octanol–water partition coefficient (Wildman–Crippen LogP) is 5.50. The number of ether oxygens (including phenoxy) is 1. The van der Waals surface area contributed by atoms with Crippen LogP contribution in [-0.2, 0) is 4.74 Å². The second-order valence-corrected chi connectivity index (χ2v) is 8.65. The van der Waals surface area contributed by atoms with Crippen LogP contribution in [0, 0.1) is 12.7 Å². The number of allylic oxidation sites excluding steroid dienone is 1. The summed E-state index contributed by atoms with van der Waals surface area (Å²) in [5, 5.41) is 7.21. The lowest BCUT2D eigenvalue weighted by Crippen LogP contribution is -2.46. The third-order valence-corrected chi connectivity index (χ3v) is 5.71. The van der Waals surface area contributed by atoms with E-state index in [9.17, 15) is 9.18 Å². The number of hydrogen-bond donors (Lipinski definition) is 1. The lowest BCUT2D eigenvalue weighted by atomic mass is 9.94. The molecule has 8 heteroatoms. The fourth-order valence-electron chi connectivity index (χ4n) is 4.01. The van der Waals surface area contributed by atoms with E-state index in [1.807, 2.05) is 52.0 Å². The molecular formula is C26H29FN4O3. The Balaban J connectivity index is 1.71. The minimum Gasteiger partial charge on any atom is -0.379 e. The van der Waals surface area contributed by atoms with Gasteiger partial charge in [-0.05, 0) is 57.9 Å². The van der Waals surface area contributed by atoms with Crippen molar-refractivity contribution in [3.05, 3.63) is 77.1 Å². The van der Waals surface area contributed by atoms with Crippen LogP contribution >= 0.6 is 0 Å². The van der Waals surface area contributed by atoms with Crippen molar-refractivity contribution >= 4 is 11.6 Å². The van der Waals surface area contributed by atoms with Crippen LogP contribution in [0.2, 0.25) is 0 Å². The Morgan fingerprint density at radius 3 is 2.65 bits per heavy atom. The third kappa shape index (κ3) is 5.17. The maximum absolute atomic E-state index is 13.6. The number of nitrogens with zero attached hydrogens (tertiary/aromatic N) is 3. The number of carbonyl (C=O) groups excluding carboxylic acids is 1. The van der Waals surface area contributed by atoms with Crippen LogP contribution in [0.25, 0.3) is 17.0 Å². The molecule has 1 unspecified atom stereocenters. The van der Waals surface area contributed by atoms with Gasteiger partial charge in [0.15, 0.2) is 0 Å². The van der Waals surface area contributed by atoms with Gasteiger partial charge >= 0.3 is 6.03 Å². The number of amides is 2. The van der Waals surface area contributed by atoms with E-state index in [0.29, 0.717) is 42.6 Å². The molecule has 1 aliphatic heterocycles. The fraction of sp³-hybridized carbons (Fsp3) is 0.346. The number of aryl methyl sites for hydroxylation is 1. The molecule has 2 heterocycles. The molecule has 0 bridgehead atoms. The summed E-state index contributed by atoms with van der Waals surface area (Å²) in [7, 11) is 0. The van der Waals surface area contributed by atoms with E-state index < -0.39 is 6.04 Å². The number of hydrogen-bond acceptors (Lipinski definition) is 5. The van der Waals surface area contributed by atoms with Crippen molar-refractivity contribution in [2.45, 2.75) is 46.3 Å². The van der Waals surface area contributed by atoms with Gasteiger partial charge < -0.3 is 14.6 Å². The van der Waals surface area contributed by atoms with E-state index >= 15 is 0 Å². The van der Waals surface area contributed by atoms with E-state index in [4.69, 9.17) is 9.26 Å². The second-order valence-electron chi connectivity index (χ2n) is 8.65. The summed E-state index contributed by atoms with van der Waals surface area (Å²) < 4.78 is 24.9. The topological polar surface area (TPSA) is 80.5 Å². The van der Waals surface area contributed by atoms with Crippen molar-refractivity contribution in [1.82, 2.24) is 20.4 Å². The van der Waals surface area contributed by atoms with Gasteiger partial charge in [-0.3, -0.25) is 4.90 Å². The van der Waals surface area contributed by atoms with Gasteiger partial charge in [0.05, 0.1) is 17.7 Å². The molecule has 1 aliphatic rings. The number of carbonyl (C=O) groups is 1.